The second kappa shape index (κ2) is 3.69. The molecule has 0 radical (unpaired) electrons. The molecule has 0 aromatic carbocycles. The van der Waals surface area contributed by atoms with E-state index in [9.17, 15) is 0 Å². The number of hydrogen-bond donors (Lipinski definition) is 0. The Kier molecular flexibility index (Phi) is 2.84. The predicted molar refractivity (Wildman–Crippen MR) is 39.2 cm³/mol. The minimum absolute atomic E-state index is 0.0485. The van der Waals surface area contributed by atoms with Crippen LogP contribution in [0.5, 0.6) is 0 Å². The second-order valence-electron chi connectivity index (χ2n) is 2.31. The molecule has 0 fully saturated rings. The van der Waals surface area contributed by atoms with E-state index >= 15 is 0 Å². The molecule has 0 aliphatic heterocycles. The Morgan fingerprint density at radius 2 is 2.27 bits per heavy atom. The third-order valence-corrected chi connectivity index (χ3v) is 1.14. The highest BCUT2D eigenvalue weighted by Crippen LogP contribution is 2.06. The summed E-state index contributed by atoms with van der Waals surface area (Å²) in [6.07, 6.45) is 0.153. The first kappa shape index (κ1) is 8.49. The van der Waals surface area contributed by atoms with Crippen LogP contribution in [0.25, 0.3) is 0 Å². The Labute approximate surface area is 69.5 Å². The van der Waals surface area contributed by atoms with Crippen molar-refractivity contribution in [3.05, 3.63) is 11.2 Å². The first-order valence-corrected chi connectivity index (χ1v) is 3.66. The van der Waals surface area contributed by atoms with Crippen LogP contribution in [0.1, 0.15) is 19.7 Å². The highest BCUT2D eigenvalue weighted by atomic mass is 35.5. The van der Waals surface area contributed by atoms with Crippen LogP contribution < -0.4 is 0 Å². The third kappa shape index (κ3) is 2.86. The molecule has 1 aromatic rings. The van der Waals surface area contributed by atoms with E-state index in [1.165, 1.54) is 0 Å². The molecule has 0 N–H and O–H groups in total. The van der Waals surface area contributed by atoms with Crippen LogP contribution in [-0.4, -0.2) is 16.3 Å². The smallest absolute Gasteiger partial charge is 0.312 e. The summed E-state index contributed by atoms with van der Waals surface area (Å²) in [6, 6.07) is 0. The third-order valence-electron chi connectivity index (χ3n) is 0.982. The lowest BCUT2D eigenvalue weighted by Crippen LogP contribution is -2.02. The van der Waals surface area contributed by atoms with Gasteiger partial charge in [0.25, 0.3) is 0 Å². The molecule has 1 rings (SSSR count). The van der Waals surface area contributed by atoms with Crippen molar-refractivity contribution in [1.82, 2.24) is 10.2 Å². The van der Waals surface area contributed by atoms with E-state index < -0.39 is 0 Å². The van der Waals surface area contributed by atoms with E-state index in [4.69, 9.17) is 20.8 Å². The van der Waals surface area contributed by atoms with Gasteiger partial charge in [0, 0.05) is 0 Å². The van der Waals surface area contributed by atoms with Gasteiger partial charge in [-0.05, 0) is 25.4 Å². The van der Waals surface area contributed by atoms with Crippen LogP contribution in [0, 0.1) is 0 Å². The Balaban J connectivity index is 2.39. The summed E-state index contributed by atoms with van der Waals surface area (Å²) in [5.74, 6) is 0.406. The van der Waals surface area contributed by atoms with Crippen LogP contribution >= 0.6 is 11.6 Å². The van der Waals surface area contributed by atoms with Gasteiger partial charge in [-0.25, -0.2) is 0 Å². The quantitative estimate of drug-likeness (QED) is 0.703. The van der Waals surface area contributed by atoms with Crippen LogP contribution in [-0.2, 0) is 11.3 Å². The summed E-state index contributed by atoms with van der Waals surface area (Å²) in [5, 5.41) is 7.13. The maximum Gasteiger partial charge on any atom is 0.312 e. The molecule has 0 saturated heterocycles. The van der Waals surface area contributed by atoms with Gasteiger partial charge in [0.1, 0.15) is 6.61 Å². The fraction of sp³-hybridized carbons (Fsp3) is 0.667. The summed E-state index contributed by atoms with van der Waals surface area (Å²) < 4.78 is 10.0. The molecule has 1 aromatic heterocycles. The number of hydrogen-bond acceptors (Lipinski definition) is 4. The van der Waals surface area contributed by atoms with Gasteiger partial charge in [0.2, 0.25) is 5.89 Å². The average Bonchev–Trinajstić information content (AvgIpc) is 2.31. The fourth-order valence-electron chi connectivity index (χ4n) is 0.529. The Morgan fingerprint density at radius 1 is 1.55 bits per heavy atom. The fourth-order valence-corrected chi connectivity index (χ4v) is 0.656. The van der Waals surface area contributed by atoms with E-state index in [1.54, 1.807) is 0 Å². The number of rotatable bonds is 3. The Morgan fingerprint density at radius 3 is 2.73 bits per heavy atom. The SMILES string of the molecule is CC(C)OCc1nnc(Cl)o1. The summed E-state index contributed by atoms with van der Waals surface area (Å²) in [7, 11) is 0. The molecule has 11 heavy (non-hydrogen) atoms. The maximum atomic E-state index is 5.38. The van der Waals surface area contributed by atoms with Crippen LogP contribution in [0.2, 0.25) is 5.35 Å². The molecule has 4 nitrogen and oxygen atoms in total. The first-order chi connectivity index (χ1) is 5.18. The first-order valence-electron chi connectivity index (χ1n) is 3.28. The highest BCUT2D eigenvalue weighted by Gasteiger charge is 2.03. The maximum absolute atomic E-state index is 5.38. The van der Waals surface area contributed by atoms with Gasteiger partial charge in [-0.3, -0.25) is 0 Å². The standard InChI is InChI=1S/C6H9ClN2O2/c1-4(2)10-3-5-8-9-6(7)11-5/h4H,3H2,1-2H3. The highest BCUT2D eigenvalue weighted by molar-refractivity contribution is 6.27. The van der Waals surface area contributed by atoms with Gasteiger partial charge in [-0.1, -0.05) is 5.10 Å². The monoisotopic (exact) mass is 176 g/mol. The molecule has 0 unspecified atom stereocenters. The van der Waals surface area contributed by atoms with Gasteiger partial charge >= 0.3 is 5.35 Å². The molecule has 0 bridgehead atoms. The molecule has 0 aliphatic carbocycles. The van der Waals surface area contributed by atoms with Crippen LogP contribution in [0.15, 0.2) is 4.42 Å². The van der Waals surface area contributed by atoms with Gasteiger partial charge in [0.15, 0.2) is 0 Å². The van der Waals surface area contributed by atoms with Gasteiger partial charge in [0.05, 0.1) is 6.10 Å². The molecule has 1 heterocycles. The zero-order valence-electron chi connectivity index (χ0n) is 6.37. The van der Waals surface area contributed by atoms with Crippen molar-refractivity contribution in [3.8, 4) is 0 Å². The summed E-state index contributed by atoms with van der Waals surface area (Å²) >= 11 is 5.38. The number of aromatic nitrogens is 2. The number of nitrogens with zero attached hydrogens (tertiary/aromatic N) is 2. The molecule has 0 aliphatic rings. The topological polar surface area (TPSA) is 48.2 Å². The predicted octanol–water partition coefficient (Wildman–Crippen LogP) is 1.65. The Bertz CT molecular complexity index is 224. The van der Waals surface area contributed by atoms with Crippen LogP contribution in [0.3, 0.4) is 0 Å². The minimum atomic E-state index is 0.0485. The van der Waals surface area contributed by atoms with Crippen LogP contribution in [0.4, 0.5) is 0 Å². The summed E-state index contributed by atoms with van der Waals surface area (Å²) in [4.78, 5) is 0. The van der Waals surface area contributed by atoms with Crippen molar-refractivity contribution < 1.29 is 9.15 Å². The molecule has 0 spiro atoms. The lowest BCUT2D eigenvalue weighted by Gasteiger charge is -2.02. The zero-order chi connectivity index (χ0) is 8.27. The molecule has 0 saturated carbocycles. The normalized spacial score (nSPS) is 10.9. The summed E-state index contributed by atoms with van der Waals surface area (Å²) in [6.45, 7) is 4.17. The van der Waals surface area contributed by atoms with Crippen molar-refractivity contribution in [2.45, 2.75) is 26.6 Å². The molecular weight excluding hydrogens is 168 g/mol. The van der Waals surface area contributed by atoms with Crippen molar-refractivity contribution in [2.24, 2.45) is 0 Å². The van der Waals surface area contributed by atoms with Gasteiger partial charge < -0.3 is 9.15 Å². The molecule has 0 amide bonds. The van der Waals surface area contributed by atoms with E-state index in [0.29, 0.717) is 12.5 Å². The lowest BCUT2D eigenvalue weighted by atomic mass is 10.5. The van der Waals surface area contributed by atoms with Crippen molar-refractivity contribution >= 4 is 11.6 Å². The van der Waals surface area contributed by atoms with Gasteiger partial charge in [-0.15, -0.1) is 5.10 Å². The number of halogens is 1. The minimum Gasteiger partial charge on any atom is -0.410 e. The van der Waals surface area contributed by atoms with E-state index in [0.717, 1.165) is 0 Å². The molecule has 62 valence electrons. The van der Waals surface area contributed by atoms with Gasteiger partial charge in [-0.2, -0.15) is 0 Å². The second-order valence-corrected chi connectivity index (χ2v) is 2.63. The van der Waals surface area contributed by atoms with Crippen molar-refractivity contribution in [2.75, 3.05) is 0 Å². The van der Waals surface area contributed by atoms with Crippen molar-refractivity contribution in [1.29, 1.82) is 0 Å². The van der Waals surface area contributed by atoms with E-state index in [-0.39, 0.29) is 11.5 Å². The average molecular weight is 177 g/mol. The largest absolute Gasteiger partial charge is 0.410 e. The van der Waals surface area contributed by atoms with Crippen molar-refractivity contribution in [3.63, 3.8) is 0 Å². The molecule has 5 heteroatoms. The lowest BCUT2D eigenvalue weighted by molar-refractivity contribution is 0.0517. The Hall–Kier alpha value is -0.610. The van der Waals surface area contributed by atoms with E-state index in [2.05, 4.69) is 10.2 Å². The molecular formula is C6H9ClN2O2. The van der Waals surface area contributed by atoms with E-state index in [1.807, 2.05) is 13.8 Å². The summed E-state index contributed by atoms with van der Waals surface area (Å²) in [5.41, 5.74) is 0. The number of ether oxygens (including phenoxy) is 1. The molecule has 0 atom stereocenters. The zero-order valence-corrected chi connectivity index (χ0v) is 7.13.